The highest BCUT2D eigenvalue weighted by atomic mass is 32.2. The smallest absolute Gasteiger partial charge is 0.161 e. The van der Waals surface area contributed by atoms with Crippen molar-refractivity contribution in [3.05, 3.63) is 83.4 Å². The van der Waals surface area contributed by atoms with Gasteiger partial charge in [0.05, 0.1) is 62.5 Å². The number of nitrogens with zero attached hydrogens (tertiary/aromatic N) is 1. The maximum Gasteiger partial charge on any atom is 0.161 e. The molecule has 210 valence electrons. The van der Waals surface area contributed by atoms with Crippen LogP contribution in [0.15, 0.2) is 71.6 Å². The maximum atomic E-state index is 15.0. The summed E-state index contributed by atoms with van der Waals surface area (Å²) in [5.41, 5.74) is 2.50. The Labute approximate surface area is 236 Å². The van der Waals surface area contributed by atoms with E-state index in [1.807, 2.05) is 60.7 Å². The zero-order chi connectivity index (χ0) is 28.4. The molecule has 1 heterocycles. The molecule has 0 radical (unpaired) electrons. The molecule has 9 heteroatoms. The molecule has 0 bridgehead atoms. The lowest BCUT2D eigenvalue weighted by Crippen LogP contribution is -2.37. The van der Waals surface area contributed by atoms with Crippen molar-refractivity contribution in [2.24, 2.45) is 0 Å². The molecule has 1 aliphatic rings. The normalized spacial score (nSPS) is 16.6. The second kappa shape index (κ2) is 11.8. The first kappa shape index (κ1) is 27.8. The highest BCUT2D eigenvalue weighted by Crippen LogP contribution is 2.49. The van der Waals surface area contributed by atoms with Gasteiger partial charge in [0.1, 0.15) is 5.75 Å². The van der Waals surface area contributed by atoms with E-state index in [1.165, 1.54) is 5.06 Å². The van der Waals surface area contributed by atoms with E-state index in [-0.39, 0.29) is 0 Å². The average molecular weight is 564 g/mol. The van der Waals surface area contributed by atoms with Gasteiger partial charge in [0.25, 0.3) is 0 Å². The summed E-state index contributed by atoms with van der Waals surface area (Å²) in [4.78, 5) is 0.557. The molecule has 0 fully saturated rings. The lowest BCUT2D eigenvalue weighted by Gasteiger charge is -2.38. The Morgan fingerprint density at radius 2 is 1.40 bits per heavy atom. The summed E-state index contributed by atoms with van der Waals surface area (Å²) < 4.78 is 43.0. The number of hydrogen-bond donors (Lipinski definition) is 1. The molecule has 0 aliphatic carbocycles. The van der Waals surface area contributed by atoms with Crippen molar-refractivity contribution in [3.63, 3.8) is 0 Å². The Bertz CT molecular complexity index is 1560. The molecule has 0 amide bonds. The quantitative estimate of drug-likeness (QED) is 0.277. The lowest BCUT2D eigenvalue weighted by molar-refractivity contribution is -0.134. The van der Waals surface area contributed by atoms with Crippen LogP contribution >= 0.6 is 0 Å². The van der Waals surface area contributed by atoms with E-state index < -0.39 is 22.1 Å². The van der Waals surface area contributed by atoms with Crippen LogP contribution in [0.1, 0.15) is 28.0 Å². The van der Waals surface area contributed by atoms with E-state index in [2.05, 4.69) is 0 Å². The van der Waals surface area contributed by atoms with Crippen LogP contribution in [0.5, 0.6) is 28.7 Å². The molecule has 0 aromatic heterocycles. The van der Waals surface area contributed by atoms with Gasteiger partial charge in [0.15, 0.2) is 23.0 Å². The van der Waals surface area contributed by atoms with Gasteiger partial charge in [-0.15, -0.1) is 0 Å². The summed E-state index contributed by atoms with van der Waals surface area (Å²) in [6.45, 7) is 0.348. The first-order valence-electron chi connectivity index (χ1n) is 12.8. The number of hydrogen-bond acceptors (Lipinski definition) is 8. The largest absolute Gasteiger partial charge is 0.495 e. The molecular formula is C31H33NO7S. The summed E-state index contributed by atoms with van der Waals surface area (Å²) in [5.74, 6) is 2.69. The molecule has 0 saturated heterocycles. The Balaban J connectivity index is 1.78. The molecule has 40 heavy (non-hydrogen) atoms. The molecule has 0 spiro atoms. The molecule has 0 unspecified atom stereocenters. The minimum atomic E-state index is -1.71. The lowest BCUT2D eigenvalue weighted by atomic mass is 9.89. The Hall–Kier alpha value is -3.79. The summed E-state index contributed by atoms with van der Waals surface area (Å²) in [7, 11) is 6.16. The first-order valence-corrected chi connectivity index (χ1v) is 14.1. The summed E-state index contributed by atoms with van der Waals surface area (Å²) in [5, 5.41) is 13.7. The molecular weight excluding hydrogens is 530 g/mol. The summed E-state index contributed by atoms with van der Waals surface area (Å²) >= 11 is 0. The van der Waals surface area contributed by atoms with Crippen molar-refractivity contribution in [2.75, 3.05) is 42.1 Å². The zero-order valence-electron chi connectivity index (χ0n) is 23.2. The number of rotatable bonds is 9. The van der Waals surface area contributed by atoms with Crippen molar-refractivity contribution < 1.29 is 33.1 Å². The van der Waals surface area contributed by atoms with Gasteiger partial charge in [-0.1, -0.05) is 36.4 Å². The fraction of sp³-hybridized carbons (Fsp3) is 0.290. The monoisotopic (exact) mass is 563 g/mol. The second-order valence-electron chi connectivity index (χ2n) is 9.41. The van der Waals surface area contributed by atoms with Crippen LogP contribution in [0.2, 0.25) is 0 Å². The Kier molecular flexibility index (Phi) is 8.16. The third kappa shape index (κ3) is 4.85. The standard InChI is InChI=1S/C31H33NO7S/c1-35-24-12-11-21(17-26(24)37-3)30(40(34)31-22-9-7-6-8-19(22)10-13-25(31)36-2)29-23-18-28(39-5)27(38-4)16-20(23)14-15-32(29)33/h6-13,16-18,29-30,33H,14-15H2,1-5H3/t29-,30-,40+/m0/s1. The van der Waals surface area contributed by atoms with Gasteiger partial charge in [-0.2, -0.15) is 5.06 Å². The molecule has 0 saturated carbocycles. The highest BCUT2D eigenvalue weighted by Gasteiger charge is 2.40. The molecule has 4 aromatic rings. The molecule has 3 atom stereocenters. The van der Waals surface area contributed by atoms with E-state index in [9.17, 15) is 9.42 Å². The SMILES string of the molecule is COc1ccc([C@@H]([C@@H]2c3cc(OC)c(OC)cc3CCN2O)[S@@](=O)c2c(OC)ccc3ccccc23)cc1OC. The van der Waals surface area contributed by atoms with Crippen molar-refractivity contribution in [1.29, 1.82) is 0 Å². The van der Waals surface area contributed by atoms with Gasteiger partial charge < -0.3 is 28.9 Å². The van der Waals surface area contributed by atoms with Crippen molar-refractivity contribution in [2.45, 2.75) is 22.6 Å². The second-order valence-corrected chi connectivity index (χ2v) is 10.9. The van der Waals surface area contributed by atoms with Crippen molar-refractivity contribution >= 4 is 21.6 Å². The van der Waals surface area contributed by atoms with Crippen LogP contribution in [0.3, 0.4) is 0 Å². The number of hydroxylamine groups is 2. The van der Waals surface area contributed by atoms with Crippen molar-refractivity contribution in [1.82, 2.24) is 5.06 Å². The van der Waals surface area contributed by atoms with Crippen LogP contribution in [0.4, 0.5) is 0 Å². The van der Waals surface area contributed by atoms with Crippen molar-refractivity contribution in [3.8, 4) is 28.7 Å². The van der Waals surface area contributed by atoms with E-state index >= 15 is 0 Å². The maximum absolute atomic E-state index is 15.0. The number of fused-ring (bicyclic) bond motifs is 2. The predicted octanol–water partition coefficient (Wildman–Crippen LogP) is 5.72. The van der Waals surface area contributed by atoms with E-state index in [0.29, 0.717) is 52.2 Å². The minimum absolute atomic E-state index is 0.348. The number of benzene rings is 4. The fourth-order valence-corrected chi connectivity index (χ4v) is 7.37. The topological polar surface area (TPSA) is 86.7 Å². The van der Waals surface area contributed by atoms with Crippen LogP contribution in [0.25, 0.3) is 10.8 Å². The first-order chi connectivity index (χ1) is 19.4. The van der Waals surface area contributed by atoms with Crippen LogP contribution in [-0.4, -0.2) is 56.6 Å². The van der Waals surface area contributed by atoms with E-state index in [0.717, 1.165) is 21.9 Å². The minimum Gasteiger partial charge on any atom is -0.495 e. The van der Waals surface area contributed by atoms with Gasteiger partial charge in [-0.05, 0) is 58.8 Å². The summed E-state index contributed by atoms with van der Waals surface area (Å²) in [6.07, 6.45) is 0.589. The molecule has 5 rings (SSSR count). The van der Waals surface area contributed by atoms with Crippen LogP contribution < -0.4 is 23.7 Å². The highest BCUT2D eigenvalue weighted by molar-refractivity contribution is 7.85. The zero-order valence-corrected chi connectivity index (χ0v) is 24.0. The van der Waals surface area contributed by atoms with Crippen LogP contribution in [0, 0.1) is 0 Å². The molecule has 8 nitrogen and oxygen atoms in total. The Morgan fingerprint density at radius 1 is 0.775 bits per heavy atom. The molecule has 1 aliphatic heterocycles. The van der Waals surface area contributed by atoms with Gasteiger partial charge in [-0.3, -0.25) is 4.21 Å². The van der Waals surface area contributed by atoms with E-state index in [1.54, 1.807) is 41.6 Å². The fourth-order valence-electron chi connectivity index (χ4n) is 5.45. The van der Waals surface area contributed by atoms with Gasteiger partial charge in [-0.25, -0.2) is 0 Å². The number of ether oxygens (including phenoxy) is 5. The van der Waals surface area contributed by atoms with Gasteiger partial charge in [0.2, 0.25) is 0 Å². The Morgan fingerprint density at radius 3 is 2.10 bits per heavy atom. The summed E-state index contributed by atoms with van der Waals surface area (Å²) in [6, 6.07) is 20.2. The van der Waals surface area contributed by atoms with Gasteiger partial charge in [0, 0.05) is 11.9 Å². The van der Waals surface area contributed by atoms with Crippen LogP contribution in [-0.2, 0) is 17.2 Å². The predicted molar refractivity (Wildman–Crippen MR) is 154 cm³/mol. The van der Waals surface area contributed by atoms with Gasteiger partial charge >= 0.3 is 0 Å². The molecule has 4 aromatic carbocycles. The third-order valence-corrected chi connectivity index (χ3v) is 9.23. The average Bonchev–Trinajstić information content (AvgIpc) is 3.00. The third-order valence-electron chi connectivity index (χ3n) is 7.41. The molecule has 1 N–H and O–H groups in total. The number of methoxy groups -OCH3 is 5. The van der Waals surface area contributed by atoms with E-state index in [4.69, 9.17) is 23.7 Å².